The Kier molecular flexibility index (Phi) is 4.05. The van der Waals surface area contributed by atoms with Gasteiger partial charge in [-0.2, -0.15) is 0 Å². The fourth-order valence-corrected chi connectivity index (χ4v) is 2.49. The van der Waals surface area contributed by atoms with Crippen molar-refractivity contribution < 1.29 is 9.59 Å². The first-order chi connectivity index (χ1) is 9.07. The molecule has 0 unspecified atom stereocenters. The SMILES string of the molecule is CCCCCc1cccc2c1C(=O)C(Cl)=C(N)C2=O. The standard InChI is InChI=1S/C15H16ClNO2/c1-2-3-4-6-9-7-5-8-10-11(9)15(19)12(16)13(17)14(10)18/h5,7-8H,2-4,6,17H2,1H3. The molecule has 19 heavy (non-hydrogen) atoms. The van der Waals surface area contributed by atoms with Crippen molar-refractivity contribution in [1.82, 2.24) is 0 Å². The number of allylic oxidation sites excluding steroid dienone is 2. The molecule has 0 spiro atoms. The van der Waals surface area contributed by atoms with Crippen molar-refractivity contribution >= 4 is 23.2 Å². The number of nitrogens with two attached hydrogens (primary N) is 1. The summed E-state index contributed by atoms with van der Waals surface area (Å²) in [7, 11) is 0. The number of unbranched alkanes of at least 4 members (excludes halogenated alkanes) is 2. The van der Waals surface area contributed by atoms with E-state index in [1.54, 1.807) is 12.1 Å². The molecule has 3 nitrogen and oxygen atoms in total. The fraction of sp³-hybridized carbons (Fsp3) is 0.333. The molecule has 2 rings (SSSR count). The Morgan fingerprint density at radius 3 is 2.58 bits per heavy atom. The van der Waals surface area contributed by atoms with E-state index >= 15 is 0 Å². The molecule has 0 atom stereocenters. The number of carbonyl (C=O) groups is 2. The third-order valence-corrected chi connectivity index (χ3v) is 3.73. The maximum Gasteiger partial charge on any atom is 0.211 e. The van der Waals surface area contributed by atoms with Gasteiger partial charge in [0.05, 0.1) is 0 Å². The topological polar surface area (TPSA) is 60.2 Å². The summed E-state index contributed by atoms with van der Waals surface area (Å²) in [5.41, 5.74) is 7.12. The van der Waals surface area contributed by atoms with Gasteiger partial charge in [-0.25, -0.2) is 0 Å². The maximum atomic E-state index is 12.2. The number of aryl methyl sites for hydroxylation is 1. The summed E-state index contributed by atoms with van der Waals surface area (Å²) in [6.07, 6.45) is 3.97. The van der Waals surface area contributed by atoms with Gasteiger partial charge < -0.3 is 5.73 Å². The number of Topliss-reactive ketones (excluding diaryl/α,β-unsaturated/α-hetero) is 2. The summed E-state index contributed by atoms with van der Waals surface area (Å²) >= 11 is 5.86. The Bertz CT molecular complexity index is 576. The minimum Gasteiger partial charge on any atom is -0.394 e. The normalized spacial score (nSPS) is 14.8. The van der Waals surface area contributed by atoms with Crippen LogP contribution in [-0.4, -0.2) is 11.6 Å². The van der Waals surface area contributed by atoms with E-state index < -0.39 is 0 Å². The summed E-state index contributed by atoms with van der Waals surface area (Å²) in [4.78, 5) is 24.2. The van der Waals surface area contributed by atoms with Crippen LogP contribution >= 0.6 is 11.6 Å². The Balaban J connectivity index is 2.44. The van der Waals surface area contributed by atoms with Crippen molar-refractivity contribution in [2.75, 3.05) is 0 Å². The minimum absolute atomic E-state index is 0.148. The molecule has 0 bridgehead atoms. The Morgan fingerprint density at radius 2 is 1.89 bits per heavy atom. The first-order valence-electron chi connectivity index (χ1n) is 6.44. The molecule has 0 aliphatic heterocycles. The molecule has 0 fully saturated rings. The number of hydrogen-bond donors (Lipinski definition) is 1. The van der Waals surface area contributed by atoms with Gasteiger partial charge in [-0.1, -0.05) is 49.6 Å². The van der Waals surface area contributed by atoms with E-state index in [4.69, 9.17) is 17.3 Å². The van der Waals surface area contributed by atoms with E-state index in [9.17, 15) is 9.59 Å². The zero-order valence-corrected chi connectivity index (χ0v) is 11.6. The van der Waals surface area contributed by atoms with Gasteiger partial charge in [0.25, 0.3) is 0 Å². The third-order valence-electron chi connectivity index (χ3n) is 3.35. The monoisotopic (exact) mass is 277 g/mol. The van der Waals surface area contributed by atoms with Gasteiger partial charge in [0.1, 0.15) is 10.7 Å². The number of rotatable bonds is 4. The van der Waals surface area contributed by atoms with Crippen LogP contribution in [0, 0.1) is 0 Å². The van der Waals surface area contributed by atoms with Crippen molar-refractivity contribution in [2.24, 2.45) is 5.73 Å². The van der Waals surface area contributed by atoms with Gasteiger partial charge in [0.2, 0.25) is 11.6 Å². The van der Waals surface area contributed by atoms with Crippen LogP contribution in [0.1, 0.15) is 52.5 Å². The van der Waals surface area contributed by atoms with Crippen LogP contribution in [0.5, 0.6) is 0 Å². The molecular weight excluding hydrogens is 262 g/mol. The Morgan fingerprint density at radius 1 is 1.16 bits per heavy atom. The molecule has 100 valence electrons. The highest BCUT2D eigenvalue weighted by molar-refractivity contribution is 6.50. The van der Waals surface area contributed by atoms with Gasteiger partial charge in [0, 0.05) is 11.1 Å². The van der Waals surface area contributed by atoms with Gasteiger partial charge in [-0.3, -0.25) is 9.59 Å². The molecule has 0 aromatic heterocycles. The molecule has 0 saturated heterocycles. The lowest BCUT2D eigenvalue weighted by molar-refractivity contribution is 0.0979. The number of fused-ring (bicyclic) bond motifs is 1. The minimum atomic E-state index is -0.350. The summed E-state index contributed by atoms with van der Waals surface area (Å²) in [5, 5.41) is -0.152. The van der Waals surface area contributed by atoms with Crippen molar-refractivity contribution in [2.45, 2.75) is 32.6 Å². The highest BCUT2D eigenvalue weighted by Gasteiger charge is 2.31. The van der Waals surface area contributed by atoms with E-state index in [0.717, 1.165) is 31.2 Å². The first kappa shape index (κ1) is 13.8. The van der Waals surface area contributed by atoms with Gasteiger partial charge >= 0.3 is 0 Å². The van der Waals surface area contributed by atoms with Gasteiger partial charge in [0.15, 0.2) is 0 Å². The predicted octanol–water partition coefficient (Wildman–Crippen LogP) is 3.21. The maximum absolute atomic E-state index is 12.2. The Hall–Kier alpha value is -1.61. The smallest absolute Gasteiger partial charge is 0.211 e. The Labute approximate surface area is 117 Å². The van der Waals surface area contributed by atoms with E-state index in [0.29, 0.717) is 11.1 Å². The second-order valence-electron chi connectivity index (χ2n) is 4.68. The lowest BCUT2D eigenvalue weighted by Crippen LogP contribution is -2.25. The fourth-order valence-electron chi connectivity index (χ4n) is 2.31. The zero-order valence-electron chi connectivity index (χ0n) is 10.8. The van der Waals surface area contributed by atoms with Crippen molar-refractivity contribution in [3.63, 3.8) is 0 Å². The lowest BCUT2D eigenvalue weighted by Gasteiger charge is -2.18. The molecule has 1 aliphatic rings. The van der Waals surface area contributed by atoms with E-state index in [1.807, 2.05) is 6.07 Å². The van der Waals surface area contributed by atoms with Gasteiger partial charge in [-0.15, -0.1) is 0 Å². The summed E-state index contributed by atoms with van der Waals surface area (Å²) < 4.78 is 0. The van der Waals surface area contributed by atoms with Crippen molar-refractivity contribution in [1.29, 1.82) is 0 Å². The second kappa shape index (κ2) is 5.57. The summed E-state index contributed by atoms with van der Waals surface area (Å²) in [5.74, 6) is -0.683. The number of hydrogen-bond acceptors (Lipinski definition) is 3. The molecule has 2 N–H and O–H groups in total. The molecule has 0 saturated carbocycles. The quantitative estimate of drug-likeness (QED) is 0.860. The number of carbonyl (C=O) groups excluding carboxylic acids is 2. The predicted molar refractivity (Wildman–Crippen MR) is 75.4 cm³/mol. The number of ketones is 2. The molecule has 0 amide bonds. The average Bonchev–Trinajstić information content (AvgIpc) is 2.43. The molecule has 0 radical (unpaired) electrons. The van der Waals surface area contributed by atoms with E-state index in [-0.39, 0.29) is 22.3 Å². The average molecular weight is 278 g/mol. The van der Waals surface area contributed by atoms with E-state index in [2.05, 4.69) is 6.92 Å². The van der Waals surface area contributed by atoms with Crippen LogP contribution in [0.3, 0.4) is 0 Å². The highest BCUT2D eigenvalue weighted by atomic mass is 35.5. The number of benzene rings is 1. The number of halogens is 1. The van der Waals surface area contributed by atoms with Gasteiger partial charge in [-0.05, 0) is 18.4 Å². The molecule has 1 aromatic rings. The molecular formula is C15H16ClNO2. The van der Waals surface area contributed by atoms with Crippen LogP contribution < -0.4 is 5.73 Å². The molecule has 0 heterocycles. The summed E-state index contributed by atoms with van der Waals surface area (Å²) in [6, 6.07) is 5.30. The van der Waals surface area contributed by atoms with Crippen molar-refractivity contribution in [3.8, 4) is 0 Å². The largest absolute Gasteiger partial charge is 0.394 e. The van der Waals surface area contributed by atoms with Crippen LogP contribution in [0.2, 0.25) is 0 Å². The molecule has 1 aromatic carbocycles. The van der Waals surface area contributed by atoms with Crippen LogP contribution in [0.15, 0.2) is 28.9 Å². The van der Waals surface area contributed by atoms with Crippen LogP contribution in [0.4, 0.5) is 0 Å². The van der Waals surface area contributed by atoms with Crippen molar-refractivity contribution in [3.05, 3.63) is 45.6 Å². The first-order valence-corrected chi connectivity index (χ1v) is 6.82. The van der Waals surface area contributed by atoms with Crippen LogP contribution in [0.25, 0.3) is 0 Å². The molecule has 1 aliphatic carbocycles. The summed E-state index contributed by atoms with van der Waals surface area (Å²) in [6.45, 7) is 2.12. The lowest BCUT2D eigenvalue weighted by atomic mass is 9.87. The zero-order chi connectivity index (χ0) is 14.0. The third kappa shape index (κ3) is 2.43. The second-order valence-corrected chi connectivity index (χ2v) is 5.06. The van der Waals surface area contributed by atoms with E-state index in [1.165, 1.54) is 0 Å². The highest BCUT2D eigenvalue weighted by Crippen LogP contribution is 2.29. The van der Waals surface area contributed by atoms with Crippen LogP contribution in [-0.2, 0) is 6.42 Å². The molecule has 4 heteroatoms.